The van der Waals surface area contributed by atoms with Crippen molar-refractivity contribution in [2.75, 3.05) is 0 Å². The summed E-state index contributed by atoms with van der Waals surface area (Å²) in [5.74, 6) is 6.24. The van der Waals surface area contributed by atoms with Crippen LogP contribution in [0.25, 0.3) is 0 Å². The predicted molar refractivity (Wildman–Crippen MR) is 52.9 cm³/mol. The van der Waals surface area contributed by atoms with E-state index in [0.717, 1.165) is 35.5 Å². The van der Waals surface area contributed by atoms with Crippen LogP contribution in [0, 0.1) is 35.5 Å². The Morgan fingerprint density at radius 2 is 1.33 bits per heavy atom. The first-order valence-electron chi connectivity index (χ1n) is 5.61. The van der Waals surface area contributed by atoms with E-state index in [1.165, 1.54) is 12.8 Å². The van der Waals surface area contributed by atoms with Gasteiger partial charge in [-0.1, -0.05) is 27.7 Å². The fourth-order valence-corrected chi connectivity index (χ4v) is 3.70. The van der Waals surface area contributed by atoms with Gasteiger partial charge in [-0.05, 0) is 48.3 Å². The maximum Gasteiger partial charge on any atom is -0.0331 e. The molecule has 2 saturated carbocycles. The fraction of sp³-hybridized carbons (Fsp3) is 1.00. The monoisotopic (exact) mass is 166 g/mol. The number of hydrogen-bond donors (Lipinski definition) is 0. The molecule has 0 aliphatic heterocycles. The molecular weight excluding hydrogens is 144 g/mol. The van der Waals surface area contributed by atoms with Gasteiger partial charge in [-0.25, -0.2) is 0 Å². The van der Waals surface area contributed by atoms with Gasteiger partial charge in [0, 0.05) is 0 Å². The predicted octanol–water partition coefficient (Wildman–Crippen LogP) is 3.57. The molecule has 0 aromatic rings. The molecule has 0 N–H and O–H groups in total. The number of hydrogen-bond acceptors (Lipinski definition) is 0. The Labute approximate surface area is 76.7 Å². The van der Waals surface area contributed by atoms with Gasteiger partial charge in [-0.2, -0.15) is 0 Å². The minimum Gasteiger partial charge on any atom is -0.0622 e. The van der Waals surface area contributed by atoms with Gasteiger partial charge in [0.2, 0.25) is 0 Å². The molecule has 0 radical (unpaired) electrons. The van der Waals surface area contributed by atoms with Crippen molar-refractivity contribution in [3.63, 3.8) is 0 Å². The second-order valence-corrected chi connectivity index (χ2v) is 5.50. The van der Waals surface area contributed by atoms with Crippen LogP contribution in [-0.4, -0.2) is 0 Å². The zero-order chi connectivity index (χ0) is 8.88. The minimum absolute atomic E-state index is 1.01. The molecular formula is C12H22. The van der Waals surface area contributed by atoms with E-state index >= 15 is 0 Å². The first-order valence-corrected chi connectivity index (χ1v) is 5.61. The average Bonchev–Trinajstić information content (AvgIpc) is 2.03. The van der Waals surface area contributed by atoms with E-state index in [4.69, 9.17) is 0 Å². The molecule has 5 unspecified atom stereocenters. The summed E-state index contributed by atoms with van der Waals surface area (Å²) in [6.07, 6.45) is 3.00. The zero-order valence-corrected chi connectivity index (χ0v) is 8.88. The van der Waals surface area contributed by atoms with Crippen molar-refractivity contribution >= 4 is 0 Å². The van der Waals surface area contributed by atoms with Gasteiger partial charge in [0.1, 0.15) is 0 Å². The Balaban J connectivity index is 1.93. The molecule has 2 aliphatic rings. The highest BCUT2D eigenvalue weighted by Gasteiger charge is 2.47. The summed E-state index contributed by atoms with van der Waals surface area (Å²) in [7, 11) is 0. The largest absolute Gasteiger partial charge is 0.0622 e. The van der Waals surface area contributed by atoms with Crippen molar-refractivity contribution in [3.05, 3.63) is 0 Å². The average molecular weight is 166 g/mol. The van der Waals surface area contributed by atoms with Crippen LogP contribution in [-0.2, 0) is 0 Å². The molecule has 0 amide bonds. The van der Waals surface area contributed by atoms with Gasteiger partial charge in [0.05, 0.1) is 0 Å². The molecule has 0 aromatic heterocycles. The van der Waals surface area contributed by atoms with E-state index in [-0.39, 0.29) is 0 Å². The summed E-state index contributed by atoms with van der Waals surface area (Å²) in [6, 6.07) is 0. The van der Waals surface area contributed by atoms with Crippen LogP contribution in [0.3, 0.4) is 0 Å². The van der Waals surface area contributed by atoms with Crippen molar-refractivity contribution in [2.24, 2.45) is 35.5 Å². The van der Waals surface area contributed by atoms with Crippen LogP contribution in [0.2, 0.25) is 0 Å². The summed E-state index contributed by atoms with van der Waals surface area (Å²) in [6.45, 7) is 9.76. The molecule has 12 heavy (non-hydrogen) atoms. The van der Waals surface area contributed by atoms with Gasteiger partial charge in [-0.15, -0.1) is 0 Å². The number of rotatable bonds is 1. The molecule has 2 aliphatic carbocycles. The first-order chi connectivity index (χ1) is 5.61. The van der Waals surface area contributed by atoms with Crippen LogP contribution < -0.4 is 0 Å². The Morgan fingerprint density at radius 1 is 0.750 bits per heavy atom. The third-order valence-corrected chi connectivity index (χ3v) is 4.77. The van der Waals surface area contributed by atoms with Crippen LogP contribution in [0.5, 0.6) is 0 Å². The molecule has 0 bridgehead atoms. The first kappa shape index (κ1) is 8.59. The van der Waals surface area contributed by atoms with Crippen LogP contribution >= 0.6 is 0 Å². The van der Waals surface area contributed by atoms with Crippen LogP contribution in [0.4, 0.5) is 0 Å². The topological polar surface area (TPSA) is 0 Å². The van der Waals surface area contributed by atoms with Crippen molar-refractivity contribution in [2.45, 2.75) is 40.5 Å². The third-order valence-electron chi connectivity index (χ3n) is 4.77. The van der Waals surface area contributed by atoms with Gasteiger partial charge in [0.15, 0.2) is 0 Å². The fourth-order valence-electron chi connectivity index (χ4n) is 3.70. The minimum atomic E-state index is 1.01. The van der Waals surface area contributed by atoms with Crippen molar-refractivity contribution in [1.29, 1.82) is 0 Å². The van der Waals surface area contributed by atoms with E-state index in [9.17, 15) is 0 Å². The van der Waals surface area contributed by atoms with Crippen molar-refractivity contribution in [1.82, 2.24) is 0 Å². The van der Waals surface area contributed by atoms with Crippen LogP contribution in [0.1, 0.15) is 40.5 Å². The van der Waals surface area contributed by atoms with Gasteiger partial charge < -0.3 is 0 Å². The Kier molecular flexibility index (Phi) is 1.97. The maximum atomic E-state index is 2.45. The summed E-state index contributed by atoms with van der Waals surface area (Å²) >= 11 is 0. The Bertz CT molecular complexity index is 165. The molecule has 2 rings (SSSR count). The van der Waals surface area contributed by atoms with Gasteiger partial charge >= 0.3 is 0 Å². The summed E-state index contributed by atoms with van der Waals surface area (Å²) in [5.41, 5.74) is 0. The molecule has 70 valence electrons. The van der Waals surface area contributed by atoms with E-state index in [1.54, 1.807) is 0 Å². The third kappa shape index (κ3) is 1.03. The van der Waals surface area contributed by atoms with E-state index in [2.05, 4.69) is 27.7 Å². The molecule has 0 heterocycles. The highest BCUT2D eigenvalue weighted by molar-refractivity contribution is 4.96. The normalized spacial score (nSPS) is 59.0. The zero-order valence-electron chi connectivity index (χ0n) is 8.88. The summed E-state index contributed by atoms with van der Waals surface area (Å²) in [5, 5.41) is 0. The molecule has 5 atom stereocenters. The van der Waals surface area contributed by atoms with Crippen molar-refractivity contribution in [3.8, 4) is 0 Å². The van der Waals surface area contributed by atoms with E-state index in [1.807, 2.05) is 0 Å². The second-order valence-electron chi connectivity index (χ2n) is 5.50. The molecule has 0 spiro atoms. The highest BCUT2D eigenvalue weighted by atomic mass is 14.5. The lowest BCUT2D eigenvalue weighted by Gasteiger charge is -2.55. The summed E-state index contributed by atoms with van der Waals surface area (Å²) in [4.78, 5) is 0. The molecule has 0 aromatic carbocycles. The SMILES string of the molecule is CC1CC(C2C(C)CC2C)C1C. The summed E-state index contributed by atoms with van der Waals surface area (Å²) < 4.78 is 0. The second kappa shape index (κ2) is 2.75. The van der Waals surface area contributed by atoms with Crippen LogP contribution in [0.15, 0.2) is 0 Å². The lowest BCUT2D eigenvalue weighted by Crippen LogP contribution is -2.48. The lowest BCUT2D eigenvalue weighted by atomic mass is 9.50. The van der Waals surface area contributed by atoms with Gasteiger partial charge in [0.25, 0.3) is 0 Å². The molecule has 0 heteroatoms. The quantitative estimate of drug-likeness (QED) is 0.558. The van der Waals surface area contributed by atoms with Crippen molar-refractivity contribution < 1.29 is 0 Å². The van der Waals surface area contributed by atoms with E-state index < -0.39 is 0 Å². The smallest absolute Gasteiger partial charge is 0.0331 e. The Morgan fingerprint density at radius 3 is 1.67 bits per heavy atom. The standard InChI is InChI=1S/C12H22/c1-7-6-11(10(7)4)12-8(2)5-9(12)3/h7-12H,5-6H2,1-4H3. The molecule has 0 nitrogen and oxygen atoms in total. The molecule has 2 fully saturated rings. The maximum absolute atomic E-state index is 2.45. The highest BCUT2D eigenvalue weighted by Crippen LogP contribution is 2.55. The lowest BCUT2D eigenvalue weighted by molar-refractivity contribution is -0.0581. The Hall–Kier alpha value is 0. The molecule has 0 saturated heterocycles. The van der Waals surface area contributed by atoms with E-state index in [0.29, 0.717) is 0 Å². The van der Waals surface area contributed by atoms with Gasteiger partial charge in [-0.3, -0.25) is 0 Å².